The van der Waals surface area contributed by atoms with Crippen molar-refractivity contribution >= 4 is 0 Å². The first-order valence-electron chi connectivity index (χ1n) is 7.61. The van der Waals surface area contributed by atoms with Crippen LogP contribution >= 0.6 is 0 Å². The molecule has 3 aliphatic carbocycles. The molecular formula is C16H27N. The predicted molar refractivity (Wildman–Crippen MR) is 72.9 cm³/mol. The van der Waals surface area contributed by atoms with Gasteiger partial charge >= 0.3 is 0 Å². The molecule has 5 atom stereocenters. The monoisotopic (exact) mass is 233 g/mol. The van der Waals surface area contributed by atoms with E-state index in [2.05, 4.69) is 25.2 Å². The van der Waals surface area contributed by atoms with Crippen LogP contribution in [0.25, 0.3) is 0 Å². The van der Waals surface area contributed by atoms with Crippen LogP contribution in [0.15, 0.2) is 11.6 Å². The van der Waals surface area contributed by atoms with Crippen molar-refractivity contribution in [2.75, 3.05) is 6.54 Å². The lowest BCUT2D eigenvalue weighted by Crippen LogP contribution is -2.38. The molecule has 5 unspecified atom stereocenters. The normalized spacial score (nSPS) is 45.1. The summed E-state index contributed by atoms with van der Waals surface area (Å²) < 4.78 is 0. The Morgan fingerprint density at radius 1 is 1.24 bits per heavy atom. The van der Waals surface area contributed by atoms with E-state index in [0.29, 0.717) is 0 Å². The van der Waals surface area contributed by atoms with Crippen LogP contribution in [0.5, 0.6) is 0 Å². The lowest BCUT2D eigenvalue weighted by atomic mass is 9.83. The van der Waals surface area contributed by atoms with Crippen LogP contribution in [-0.2, 0) is 0 Å². The van der Waals surface area contributed by atoms with Crippen molar-refractivity contribution in [1.29, 1.82) is 0 Å². The van der Waals surface area contributed by atoms with Gasteiger partial charge in [0.1, 0.15) is 0 Å². The van der Waals surface area contributed by atoms with Crippen LogP contribution in [-0.4, -0.2) is 12.6 Å². The van der Waals surface area contributed by atoms with Gasteiger partial charge in [-0.15, -0.1) is 0 Å². The summed E-state index contributed by atoms with van der Waals surface area (Å²) >= 11 is 0. The first kappa shape index (κ1) is 11.8. The van der Waals surface area contributed by atoms with Gasteiger partial charge in [0, 0.05) is 6.04 Å². The van der Waals surface area contributed by atoms with E-state index in [0.717, 1.165) is 29.7 Å². The molecule has 3 aliphatic rings. The summed E-state index contributed by atoms with van der Waals surface area (Å²) in [7, 11) is 0. The second-order valence-corrected chi connectivity index (χ2v) is 6.99. The fraction of sp³-hybridized carbons (Fsp3) is 0.875. The largest absolute Gasteiger partial charge is 0.313 e. The molecule has 0 spiro atoms. The summed E-state index contributed by atoms with van der Waals surface area (Å²) in [5.74, 6) is 3.80. The fourth-order valence-electron chi connectivity index (χ4n) is 4.65. The van der Waals surface area contributed by atoms with E-state index in [4.69, 9.17) is 0 Å². The first-order valence-corrected chi connectivity index (χ1v) is 7.61. The van der Waals surface area contributed by atoms with E-state index < -0.39 is 0 Å². The van der Waals surface area contributed by atoms with Crippen molar-refractivity contribution in [2.45, 2.75) is 58.4 Å². The summed E-state index contributed by atoms with van der Waals surface area (Å²) in [4.78, 5) is 0. The number of fused-ring (bicyclic) bond motifs is 2. The minimum atomic E-state index is 0.801. The van der Waals surface area contributed by atoms with Crippen LogP contribution in [0.1, 0.15) is 52.4 Å². The summed E-state index contributed by atoms with van der Waals surface area (Å²) in [6, 6.07) is 0.871. The van der Waals surface area contributed by atoms with Gasteiger partial charge in [-0.2, -0.15) is 0 Å². The van der Waals surface area contributed by atoms with Gasteiger partial charge in [-0.25, -0.2) is 0 Å². The molecule has 1 N–H and O–H groups in total. The second-order valence-electron chi connectivity index (χ2n) is 6.99. The Morgan fingerprint density at radius 2 is 2.12 bits per heavy atom. The Labute approximate surface area is 106 Å². The quantitative estimate of drug-likeness (QED) is 0.732. The highest BCUT2D eigenvalue weighted by Gasteiger charge is 2.39. The molecule has 0 amide bonds. The van der Waals surface area contributed by atoms with Gasteiger partial charge < -0.3 is 5.32 Å². The van der Waals surface area contributed by atoms with Gasteiger partial charge in [-0.1, -0.05) is 25.0 Å². The van der Waals surface area contributed by atoms with Crippen molar-refractivity contribution in [2.24, 2.45) is 23.7 Å². The molecule has 2 saturated carbocycles. The predicted octanol–water partition coefficient (Wildman–Crippen LogP) is 3.76. The molecule has 0 heterocycles. The zero-order chi connectivity index (χ0) is 11.8. The number of nitrogens with one attached hydrogen (secondary N) is 1. The zero-order valence-corrected chi connectivity index (χ0v) is 11.4. The van der Waals surface area contributed by atoms with Crippen LogP contribution < -0.4 is 5.32 Å². The van der Waals surface area contributed by atoms with E-state index in [1.165, 1.54) is 45.1 Å². The Kier molecular flexibility index (Phi) is 3.30. The SMILES string of the molecule is CC1=CC(C)CC(CNC2CC3CCC2C3)C1. The maximum Gasteiger partial charge on any atom is 0.00981 e. The summed E-state index contributed by atoms with van der Waals surface area (Å²) in [6.07, 6.45) is 11.2. The molecule has 3 rings (SSSR count). The third-order valence-corrected chi connectivity index (χ3v) is 5.29. The van der Waals surface area contributed by atoms with Crippen LogP contribution in [0.3, 0.4) is 0 Å². The number of rotatable bonds is 3. The maximum absolute atomic E-state index is 3.90. The summed E-state index contributed by atoms with van der Waals surface area (Å²) in [6.45, 7) is 5.94. The van der Waals surface area contributed by atoms with Crippen molar-refractivity contribution in [3.05, 3.63) is 11.6 Å². The third kappa shape index (κ3) is 2.59. The summed E-state index contributed by atoms with van der Waals surface area (Å²) in [5.41, 5.74) is 1.61. The fourth-order valence-corrected chi connectivity index (χ4v) is 4.65. The first-order chi connectivity index (χ1) is 8.20. The molecule has 1 nitrogen and oxygen atoms in total. The van der Waals surface area contributed by atoms with E-state index in [1.54, 1.807) is 5.57 Å². The molecule has 0 saturated heterocycles. The molecule has 0 aliphatic heterocycles. The van der Waals surface area contributed by atoms with Gasteiger partial charge in [0.15, 0.2) is 0 Å². The van der Waals surface area contributed by atoms with Crippen LogP contribution in [0, 0.1) is 23.7 Å². The zero-order valence-electron chi connectivity index (χ0n) is 11.4. The molecule has 0 aromatic heterocycles. The molecule has 1 heteroatoms. The van der Waals surface area contributed by atoms with Crippen LogP contribution in [0.2, 0.25) is 0 Å². The maximum atomic E-state index is 3.90. The number of hydrogen-bond acceptors (Lipinski definition) is 1. The molecular weight excluding hydrogens is 206 g/mol. The number of allylic oxidation sites excluding steroid dienone is 2. The molecule has 0 aromatic carbocycles. The topological polar surface area (TPSA) is 12.0 Å². The van der Waals surface area contributed by atoms with Crippen LogP contribution in [0.4, 0.5) is 0 Å². The van der Waals surface area contributed by atoms with E-state index in [9.17, 15) is 0 Å². The third-order valence-electron chi connectivity index (χ3n) is 5.29. The van der Waals surface area contributed by atoms with Crippen molar-refractivity contribution in [3.8, 4) is 0 Å². The van der Waals surface area contributed by atoms with Gasteiger partial charge in [-0.05, 0) is 69.2 Å². The molecule has 2 bridgehead atoms. The molecule has 96 valence electrons. The van der Waals surface area contributed by atoms with Crippen molar-refractivity contribution in [1.82, 2.24) is 5.32 Å². The average Bonchev–Trinajstić information content (AvgIpc) is 2.86. The van der Waals surface area contributed by atoms with Gasteiger partial charge in [-0.3, -0.25) is 0 Å². The highest BCUT2D eigenvalue weighted by molar-refractivity contribution is 5.06. The Hall–Kier alpha value is -0.300. The Morgan fingerprint density at radius 3 is 2.76 bits per heavy atom. The summed E-state index contributed by atoms with van der Waals surface area (Å²) in [5, 5.41) is 3.90. The van der Waals surface area contributed by atoms with Crippen molar-refractivity contribution in [3.63, 3.8) is 0 Å². The highest BCUT2D eigenvalue weighted by atomic mass is 14.9. The lowest BCUT2D eigenvalue weighted by Gasteiger charge is -2.29. The van der Waals surface area contributed by atoms with E-state index in [1.807, 2.05) is 0 Å². The van der Waals surface area contributed by atoms with Gasteiger partial charge in [0.25, 0.3) is 0 Å². The standard InChI is InChI=1S/C16H27N/c1-11-5-12(2)7-14(6-11)10-17-16-9-13-3-4-15(16)8-13/h5,11,13-17H,3-4,6-10H2,1-2H3. The van der Waals surface area contributed by atoms with Crippen molar-refractivity contribution < 1.29 is 0 Å². The Balaban J connectivity index is 1.47. The lowest BCUT2D eigenvalue weighted by molar-refractivity contribution is 0.306. The minimum absolute atomic E-state index is 0.801. The van der Waals surface area contributed by atoms with E-state index in [-0.39, 0.29) is 0 Å². The van der Waals surface area contributed by atoms with E-state index >= 15 is 0 Å². The molecule has 0 radical (unpaired) electrons. The molecule has 0 aromatic rings. The molecule has 17 heavy (non-hydrogen) atoms. The smallest absolute Gasteiger partial charge is 0.00981 e. The van der Waals surface area contributed by atoms with Gasteiger partial charge in [0.2, 0.25) is 0 Å². The minimum Gasteiger partial charge on any atom is -0.313 e. The number of hydrogen-bond donors (Lipinski definition) is 1. The Bertz CT molecular complexity index is 307. The molecule has 2 fully saturated rings. The van der Waals surface area contributed by atoms with Gasteiger partial charge in [0.05, 0.1) is 0 Å². The second kappa shape index (κ2) is 4.76. The highest BCUT2D eigenvalue weighted by Crippen LogP contribution is 2.44. The average molecular weight is 233 g/mol.